The van der Waals surface area contributed by atoms with Crippen molar-refractivity contribution < 1.29 is 14.3 Å². The van der Waals surface area contributed by atoms with Crippen LogP contribution in [0.25, 0.3) is 0 Å². The summed E-state index contributed by atoms with van der Waals surface area (Å²) in [6, 6.07) is 13.5. The monoisotopic (exact) mass is 327 g/mol. The largest absolute Gasteiger partial charge is 0.481 e. The van der Waals surface area contributed by atoms with Gasteiger partial charge >= 0.3 is 0 Å². The van der Waals surface area contributed by atoms with Gasteiger partial charge in [-0.3, -0.25) is 4.79 Å². The van der Waals surface area contributed by atoms with Gasteiger partial charge in [-0.25, -0.2) is 0 Å². The van der Waals surface area contributed by atoms with Crippen molar-refractivity contribution >= 4 is 11.6 Å². The maximum absolute atomic E-state index is 12.5. The quantitative estimate of drug-likeness (QED) is 0.827. The van der Waals surface area contributed by atoms with Crippen LogP contribution in [0.1, 0.15) is 30.0 Å². The zero-order valence-corrected chi connectivity index (χ0v) is 14.8. The third kappa shape index (κ3) is 4.83. The molecule has 1 amide bonds. The summed E-state index contributed by atoms with van der Waals surface area (Å²) < 4.78 is 11.0. The number of carbonyl (C=O) groups excluding carboxylic acids is 1. The highest BCUT2D eigenvalue weighted by molar-refractivity contribution is 5.94. The van der Waals surface area contributed by atoms with Crippen molar-refractivity contribution in [2.75, 3.05) is 12.4 Å². The number of hydrogen-bond acceptors (Lipinski definition) is 3. The zero-order chi connectivity index (χ0) is 17.5. The standard InChI is InChI=1S/C20H25NO3/c1-5-19(24-18-10-9-14(2)15(3)11-18)20(22)21-17-8-6-7-16(12-17)13-23-4/h6-12,19H,5,13H2,1-4H3,(H,21,22)/t19-/m1/s1. The van der Waals surface area contributed by atoms with Crippen LogP contribution in [0, 0.1) is 13.8 Å². The molecule has 2 rings (SSSR count). The summed E-state index contributed by atoms with van der Waals surface area (Å²) >= 11 is 0. The Hall–Kier alpha value is -2.33. The van der Waals surface area contributed by atoms with Crippen LogP contribution in [0.2, 0.25) is 0 Å². The molecule has 0 radical (unpaired) electrons. The molecule has 24 heavy (non-hydrogen) atoms. The minimum atomic E-state index is -0.529. The van der Waals surface area contributed by atoms with Gasteiger partial charge in [0, 0.05) is 12.8 Å². The van der Waals surface area contributed by atoms with Crippen LogP contribution in [0.5, 0.6) is 5.75 Å². The first-order valence-corrected chi connectivity index (χ1v) is 8.16. The Kier molecular flexibility index (Phi) is 6.38. The van der Waals surface area contributed by atoms with Gasteiger partial charge < -0.3 is 14.8 Å². The number of amides is 1. The van der Waals surface area contributed by atoms with Gasteiger partial charge in [-0.15, -0.1) is 0 Å². The summed E-state index contributed by atoms with van der Waals surface area (Å²) in [6.45, 7) is 6.54. The lowest BCUT2D eigenvalue weighted by atomic mass is 10.1. The Morgan fingerprint density at radius 1 is 1.12 bits per heavy atom. The van der Waals surface area contributed by atoms with Crippen molar-refractivity contribution in [1.29, 1.82) is 0 Å². The summed E-state index contributed by atoms with van der Waals surface area (Å²) in [5.41, 5.74) is 4.11. The second kappa shape index (κ2) is 8.50. The van der Waals surface area contributed by atoms with E-state index in [-0.39, 0.29) is 5.91 Å². The Labute approximate surface area is 143 Å². The number of anilines is 1. The van der Waals surface area contributed by atoms with Gasteiger partial charge in [-0.2, -0.15) is 0 Å². The molecule has 0 aliphatic heterocycles. The minimum absolute atomic E-state index is 0.148. The first-order chi connectivity index (χ1) is 11.5. The van der Waals surface area contributed by atoms with Gasteiger partial charge in [0.15, 0.2) is 6.10 Å². The molecule has 0 aliphatic rings. The Morgan fingerprint density at radius 2 is 1.92 bits per heavy atom. The first-order valence-electron chi connectivity index (χ1n) is 8.16. The molecule has 4 nitrogen and oxygen atoms in total. The molecular formula is C20H25NO3. The molecule has 0 unspecified atom stereocenters. The Bertz CT molecular complexity index is 697. The lowest BCUT2D eigenvalue weighted by molar-refractivity contribution is -0.122. The van der Waals surface area contributed by atoms with Gasteiger partial charge in [-0.1, -0.05) is 25.1 Å². The topological polar surface area (TPSA) is 47.6 Å². The van der Waals surface area contributed by atoms with E-state index < -0.39 is 6.10 Å². The summed E-state index contributed by atoms with van der Waals surface area (Å²) in [5, 5.41) is 2.92. The second-order valence-corrected chi connectivity index (χ2v) is 5.88. The predicted molar refractivity (Wildman–Crippen MR) is 96.4 cm³/mol. The van der Waals surface area contributed by atoms with Crippen molar-refractivity contribution in [1.82, 2.24) is 0 Å². The number of benzene rings is 2. The molecule has 0 aliphatic carbocycles. The zero-order valence-electron chi connectivity index (χ0n) is 14.8. The maximum Gasteiger partial charge on any atom is 0.265 e. The smallest absolute Gasteiger partial charge is 0.265 e. The summed E-state index contributed by atoms with van der Waals surface area (Å²) in [6.07, 6.45) is 0.0643. The number of carbonyl (C=O) groups is 1. The Balaban J connectivity index is 2.05. The molecule has 0 fully saturated rings. The molecule has 4 heteroatoms. The molecule has 0 spiro atoms. The average Bonchev–Trinajstić information content (AvgIpc) is 2.56. The van der Waals surface area contributed by atoms with Crippen LogP contribution in [0.4, 0.5) is 5.69 Å². The van der Waals surface area contributed by atoms with Gasteiger partial charge in [-0.05, 0) is 61.2 Å². The minimum Gasteiger partial charge on any atom is -0.481 e. The highest BCUT2D eigenvalue weighted by Crippen LogP contribution is 2.19. The van der Waals surface area contributed by atoms with Crippen molar-refractivity contribution in [3.8, 4) is 5.75 Å². The highest BCUT2D eigenvalue weighted by atomic mass is 16.5. The number of ether oxygens (including phenoxy) is 2. The molecule has 2 aromatic rings. The first kappa shape index (κ1) is 18.0. The SMILES string of the molecule is CC[C@@H](Oc1ccc(C)c(C)c1)C(=O)Nc1cccc(COC)c1. The molecule has 0 aromatic heterocycles. The van der Waals surface area contributed by atoms with Crippen LogP contribution >= 0.6 is 0 Å². The van der Waals surface area contributed by atoms with Crippen molar-refractivity contribution in [3.63, 3.8) is 0 Å². The highest BCUT2D eigenvalue weighted by Gasteiger charge is 2.18. The summed E-state index contributed by atoms with van der Waals surface area (Å²) in [7, 11) is 1.65. The van der Waals surface area contributed by atoms with Crippen LogP contribution in [-0.2, 0) is 16.1 Å². The van der Waals surface area contributed by atoms with Crippen molar-refractivity contribution in [2.45, 2.75) is 39.9 Å². The number of methoxy groups -OCH3 is 1. The normalized spacial score (nSPS) is 11.8. The van der Waals surface area contributed by atoms with Crippen LogP contribution in [0.15, 0.2) is 42.5 Å². The fraction of sp³-hybridized carbons (Fsp3) is 0.350. The van der Waals surface area contributed by atoms with E-state index in [0.717, 1.165) is 16.8 Å². The summed E-state index contributed by atoms with van der Waals surface area (Å²) in [4.78, 5) is 12.5. The van der Waals surface area contributed by atoms with Crippen LogP contribution in [0.3, 0.4) is 0 Å². The maximum atomic E-state index is 12.5. The lowest BCUT2D eigenvalue weighted by Crippen LogP contribution is -2.32. The van der Waals surface area contributed by atoms with E-state index in [2.05, 4.69) is 12.2 Å². The lowest BCUT2D eigenvalue weighted by Gasteiger charge is -2.18. The van der Waals surface area contributed by atoms with Gasteiger partial charge in [0.2, 0.25) is 0 Å². The van der Waals surface area contributed by atoms with Gasteiger partial charge in [0.1, 0.15) is 5.75 Å². The fourth-order valence-electron chi connectivity index (χ4n) is 2.40. The molecule has 1 N–H and O–H groups in total. The third-order valence-corrected chi connectivity index (χ3v) is 3.93. The van der Waals surface area contributed by atoms with E-state index in [1.54, 1.807) is 7.11 Å². The second-order valence-electron chi connectivity index (χ2n) is 5.88. The Morgan fingerprint density at radius 3 is 2.58 bits per heavy atom. The van der Waals surface area contributed by atoms with E-state index in [4.69, 9.17) is 9.47 Å². The molecule has 0 bridgehead atoms. The van der Waals surface area contributed by atoms with E-state index in [1.165, 1.54) is 5.56 Å². The van der Waals surface area contributed by atoms with E-state index in [0.29, 0.717) is 18.8 Å². The third-order valence-electron chi connectivity index (χ3n) is 3.93. The molecule has 0 saturated carbocycles. The van der Waals surface area contributed by atoms with Crippen molar-refractivity contribution in [2.24, 2.45) is 0 Å². The summed E-state index contributed by atoms with van der Waals surface area (Å²) in [5.74, 6) is 0.568. The van der Waals surface area contributed by atoms with E-state index >= 15 is 0 Å². The number of hydrogen-bond donors (Lipinski definition) is 1. The number of aryl methyl sites for hydroxylation is 2. The van der Waals surface area contributed by atoms with E-state index in [9.17, 15) is 4.79 Å². The van der Waals surface area contributed by atoms with E-state index in [1.807, 2.05) is 56.3 Å². The average molecular weight is 327 g/mol. The fourth-order valence-corrected chi connectivity index (χ4v) is 2.40. The molecule has 1 atom stereocenters. The van der Waals surface area contributed by atoms with Gasteiger partial charge in [0.05, 0.1) is 6.61 Å². The number of nitrogens with one attached hydrogen (secondary N) is 1. The molecule has 0 heterocycles. The van der Waals surface area contributed by atoms with Crippen LogP contribution in [-0.4, -0.2) is 19.1 Å². The van der Waals surface area contributed by atoms with Crippen LogP contribution < -0.4 is 10.1 Å². The van der Waals surface area contributed by atoms with Gasteiger partial charge in [0.25, 0.3) is 5.91 Å². The molecular weight excluding hydrogens is 302 g/mol. The molecule has 2 aromatic carbocycles. The molecule has 128 valence electrons. The van der Waals surface area contributed by atoms with Crippen molar-refractivity contribution in [3.05, 3.63) is 59.2 Å². The predicted octanol–water partition coefficient (Wildman–Crippen LogP) is 4.25. The number of rotatable bonds is 7. The molecule has 0 saturated heterocycles.